The lowest BCUT2D eigenvalue weighted by Crippen LogP contribution is -2.32. The van der Waals surface area contributed by atoms with E-state index in [4.69, 9.17) is 0 Å². The molecule has 5 nitrogen and oxygen atoms in total. The molecule has 0 atom stereocenters. The number of aromatic nitrogens is 2. The minimum atomic E-state index is -0.00203. The first-order valence-corrected chi connectivity index (χ1v) is 5.83. The highest BCUT2D eigenvalue weighted by Gasteiger charge is 2.11. The molecule has 94 valence electrons. The number of carbonyl (C=O) groups excluding carboxylic acids is 1. The number of hydrogen-bond donors (Lipinski definition) is 1. The van der Waals surface area contributed by atoms with E-state index >= 15 is 0 Å². The fraction of sp³-hybridized carbons (Fsp3) is 0.308. The molecule has 1 aromatic carbocycles. The second-order valence-electron chi connectivity index (χ2n) is 4.09. The Morgan fingerprint density at radius 2 is 2.00 bits per heavy atom. The zero-order valence-corrected chi connectivity index (χ0v) is 10.6. The number of benzene rings is 1. The van der Waals surface area contributed by atoms with Crippen molar-refractivity contribution in [3.63, 3.8) is 0 Å². The highest BCUT2D eigenvalue weighted by Crippen LogP contribution is 2.12. The van der Waals surface area contributed by atoms with Gasteiger partial charge in [0.15, 0.2) is 0 Å². The quantitative estimate of drug-likeness (QED) is 0.869. The highest BCUT2D eigenvalue weighted by atomic mass is 16.2. The van der Waals surface area contributed by atoms with Crippen LogP contribution >= 0.6 is 0 Å². The van der Waals surface area contributed by atoms with Crippen molar-refractivity contribution in [2.45, 2.75) is 0 Å². The van der Waals surface area contributed by atoms with Crippen molar-refractivity contribution < 1.29 is 4.79 Å². The van der Waals surface area contributed by atoms with Crippen LogP contribution in [0.15, 0.2) is 30.6 Å². The molecule has 0 aliphatic rings. The van der Waals surface area contributed by atoms with E-state index in [1.807, 2.05) is 13.1 Å². The van der Waals surface area contributed by atoms with E-state index in [0.29, 0.717) is 12.1 Å². The van der Waals surface area contributed by atoms with E-state index in [-0.39, 0.29) is 5.91 Å². The number of nitrogens with one attached hydrogen (secondary N) is 1. The Morgan fingerprint density at radius 1 is 1.28 bits per heavy atom. The third-order valence-corrected chi connectivity index (χ3v) is 2.76. The van der Waals surface area contributed by atoms with Crippen molar-refractivity contribution in [2.24, 2.45) is 0 Å². The maximum Gasteiger partial charge on any atom is 0.253 e. The summed E-state index contributed by atoms with van der Waals surface area (Å²) in [6, 6.07) is 5.39. The molecule has 5 heteroatoms. The lowest BCUT2D eigenvalue weighted by molar-refractivity contribution is 0.0797. The van der Waals surface area contributed by atoms with Gasteiger partial charge in [-0.2, -0.15) is 0 Å². The molecule has 0 aliphatic heterocycles. The summed E-state index contributed by atoms with van der Waals surface area (Å²) in [5.74, 6) is -0.00203. The van der Waals surface area contributed by atoms with Crippen molar-refractivity contribution in [3.05, 3.63) is 36.2 Å². The van der Waals surface area contributed by atoms with Gasteiger partial charge in [0.25, 0.3) is 5.91 Å². The molecule has 0 saturated heterocycles. The van der Waals surface area contributed by atoms with Gasteiger partial charge in [-0.05, 0) is 25.2 Å². The van der Waals surface area contributed by atoms with Crippen LogP contribution in [0.5, 0.6) is 0 Å². The molecular formula is C13H16N4O. The van der Waals surface area contributed by atoms with E-state index in [2.05, 4.69) is 15.3 Å². The molecule has 1 heterocycles. The van der Waals surface area contributed by atoms with Gasteiger partial charge in [0.2, 0.25) is 0 Å². The van der Waals surface area contributed by atoms with Crippen LogP contribution in [0.3, 0.4) is 0 Å². The molecule has 1 amide bonds. The Balaban J connectivity index is 2.22. The summed E-state index contributed by atoms with van der Waals surface area (Å²) in [6.45, 7) is 1.45. The average Bonchev–Trinajstić information content (AvgIpc) is 2.43. The summed E-state index contributed by atoms with van der Waals surface area (Å²) in [4.78, 5) is 22.2. The summed E-state index contributed by atoms with van der Waals surface area (Å²) >= 11 is 0. The van der Waals surface area contributed by atoms with E-state index in [0.717, 1.165) is 17.6 Å². The van der Waals surface area contributed by atoms with Gasteiger partial charge >= 0.3 is 0 Å². The molecule has 18 heavy (non-hydrogen) atoms. The van der Waals surface area contributed by atoms with Gasteiger partial charge < -0.3 is 10.2 Å². The smallest absolute Gasteiger partial charge is 0.253 e. The number of carbonyl (C=O) groups is 1. The van der Waals surface area contributed by atoms with Crippen LogP contribution in [0.25, 0.3) is 11.0 Å². The first-order chi connectivity index (χ1) is 8.72. The molecule has 1 aromatic heterocycles. The third-order valence-electron chi connectivity index (χ3n) is 2.76. The van der Waals surface area contributed by atoms with Gasteiger partial charge in [0, 0.05) is 38.1 Å². The molecule has 2 rings (SSSR count). The summed E-state index contributed by atoms with van der Waals surface area (Å²) in [5, 5.41) is 3.02. The first kappa shape index (κ1) is 12.4. The lowest BCUT2D eigenvalue weighted by Gasteiger charge is -2.16. The Hall–Kier alpha value is -2.01. The predicted molar refractivity (Wildman–Crippen MR) is 70.4 cm³/mol. The number of likely N-dealkylation sites (N-methyl/N-ethyl adjacent to an activating group) is 2. The van der Waals surface area contributed by atoms with E-state index < -0.39 is 0 Å². The average molecular weight is 244 g/mol. The first-order valence-electron chi connectivity index (χ1n) is 5.83. The van der Waals surface area contributed by atoms with Gasteiger partial charge in [0.1, 0.15) is 0 Å². The molecule has 2 aromatic rings. The largest absolute Gasteiger partial charge is 0.340 e. The maximum atomic E-state index is 12.1. The van der Waals surface area contributed by atoms with Crippen LogP contribution in [0.2, 0.25) is 0 Å². The van der Waals surface area contributed by atoms with Gasteiger partial charge in [-0.1, -0.05) is 0 Å². The Morgan fingerprint density at radius 3 is 2.72 bits per heavy atom. The highest BCUT2D eigenvalue weighted by molar-refractivity contribution is 5.97. The van der Waals surface area contributed by atoms with Crippen LogP contribution in [0.1, 0.15) is 10.4 Å². The summed E-state index contributed by atoms with van der Waals surface area (Å²) in [7, 11) is 3.66. The second kappa shape index (κ2) is 5.55. The van der Waals surface area contributed by atoms with Crippen molar-refractivity contribution in [3.8, 4) is 0 Å². The van der Waals surface area contributed by atoms with Crippen molar-refractivity contribution >= 4 is 16.9 Å². The lowest BCUT2D eigenvalue weighted by atomic mass is 10.1. The molecular weight excluding hydrogens is 228 g/mol. The van der Waals surface area contributed by atoms with Gasteiger partial charge in [-0.15, -0.1) is 0 Å². The minimum Gasteiger partial charge on any atom is -0.340 e. The molecule has 0 saturated carbocycles. The molecule has 0 radical (unpaired) electrons. The van der Waals surface area contributed by atoms with Crippen LogP contribution < -0.4 is 5.32 Å². The zero-order valence-electron chi connectivity index (χ0n) is 10.6. The molecule has 0 bridgehead atoms. The molecule has 0 fully saturated rings. The van der Waals surface area contributed by atoms with Crippen LogP contribution in [0.4, 0.5) is 0 Å². The Labute approximate surface area is 106 Å². The van der Waals surface area contributed by atoms with E-state index in [1.165, 1.54) is 0 Å². The zero-order chi connectivity index (χ0) is 13.0. The number of rotatable bonds is 4. The SMILES string of the molecule is CNCCN(C)C(=O)c1ccc2nccnc2c1. The van der Waals surface area contributed by atoms with Crippen molar-refractivity contribution in [2.75, 3.05) is 27.2 Å². The monoisotopic (exact) mass is 244 g/mol. The topological polar surface area (TPSA) is 58.1 Å². The number of nitrogens with zero attached hydrogens (tertiary/aromatic N) is 3. The van der Waals surface area contributed by atoms with Gasteiger partial charge in [-0.3, -0.25) is 14.8 Å². The van der Waals surface area contributed by atoms with Crippen LogP contribution in [0, 0.1) is 0 Å². The fourth-order valence-electron chi connectivity index (χ4n) is 1.70. The molecule has 0 spiro atoms. The number of hydrogen-bond acceptors (Lipinski definition) is 4. The summed E-state index contributed by atoms with van der Waals surface area (Å²) < 4.78 is 0. The summed E-state index contributed by atoms with van der Waals surface area (Å²) in [6.07, 6.45) is 3.27. The standard InChI is InChI=1S/C13H16N4O/c1-14-7-8-17(2)13(18)10-3-4-11-12(9-10)16-6-5-15-11/h3-6,9,14H,7-8H2,1-2H3. The van der Waals surface area contributed by atoms with Crippen molar-refractivity contribution in [1.29, 1.82) is 0 Å². The Kier molecular flexibility index (Phi) is 3.84. The van der Waals surface area contributed by atoms with E-state index in [9.17, 15) is 4.79 Å². The van der Waals surface area contributed by atoms with E-state index in [1.54, 1.807) is 36.5 Å². The fourth-order valence-corrected chi connectivity index (χ4v) is 1.70. The predicted octanol–water partition coefficient (Wildman–Crippen LogP) is 0.921. The van der Waals surface area contributed by atoms with Crippen molar-refractivity contribution in [1.82, 2.24) is 20.2 Å². The molecule has 0 unspecified atom stereocenters. The minimum absolute atomic E-state index is 0.00203. The normalized spacial score (nSPS) is 10.6. The molecule has 0 aliphatic carbocycles. The summed E-state index contributed by atoms with van der Waals surface area (Å²) in [5.41, 5.74) is 2.18. The third kappa shape index (κ3) is 2.62. The number of amides is 1. The van der Waals surface area contributed by atoms with Crippen LogP contribution in [-0.2, 0) is 0 Å². The maximum absolute atomic E-state index is 12.1. The van der Waals surface area contributed by atoms with Crippen LogP contribution in [-0.4, -0.2) is 48.0 Å². The van der Waals surface area contributed by atoms with Gasteiger partial charge in [0.05, 0.1) is 11.0 Å². The second-order valence-corrected chi connectivity index (χ2v) is 4.09. The Bertz CT molecular complexity index is 555. The molecule has 1 N–H and O–H groups in total. The van der Waals surface area contributed by atoms with Gasteiger partial charge in [-0.25, -0.2) is 0 Å². The number of fused-ring (bicyclic) bond motifs is 1.